The Bertz CT molecular complexity index is 1100. The summed E-state index contributed by atoms with van der Waals surface area (Å²) in [4.78, 5) is 26.8. The number of halogens is 1. The third-order valence-electron chi connectivity index (χ3n) is 5.22. The number of anilines is 2. The second-order valence-electron chi connectivity index (χ2n) is 7.30. The van der Waals surface area contributed by atoms with Gasteiger partial charge in [0, 0.05) is 24.7 Å². The van der Waals surface area contributed by atoms with Crippen LogP contribution in [-0.4, -0.2) is 47.2 Å². The number of likely N-dealkylation sites (tertiary alicyclic amines) is 1. The molecule has 0 aliphatic carbocycles. The minimum atomic E-state index is -0.381. The van der Waals surface area contributed by atoms with Crippen molar-refractivity contribution in [1.29, 1.82) is 0 Å². The quantitative estimate of drug-likeness (QED) is 0.596. The molecular weight excluding hydrogens is 433 g/mol. The number of amides is 3. The van der Waals surface area contributed by atoms with Crippen LogP contribution in [0.15, 0.2) is 48.5 Å². The van der Waals surface area contributed by atoms with E-state index in [0.717, 1.165) is 17.8 Å². The lowest BCUT2D eigenvalue weighted by Gasteiger charge is -2.31. The molecule has 2 aromatic carbocycles. The Balaban J connectivity index is 1.31. The molecule has 10 heteroatoms. The van der Waals surface area contributed by atoms with Gasteiger partial charge in [0.25, 0.3) is 5.91 Å². The van der Waals surface area contributed by atoms with E-state index in [0.29, 0.717) is 30.2 Å². The number of rotatable bonds is 5. The number of carbonyl (C=O) groups is 2. The second kappa shape index (κ2) is 9.73. The minimum Gasteiger partial charge on any atom is -0.495 e. The number of ether oxygens (including phenoxy) is 1. The van der Waals surface area contributed by atoms with E-state index in [4.69, 9.17) is 4.74 Å². The van der Waals surface area contributed by atoms with E-state index in [2.05, 4.69) is 20.8 Å². The van der Waals surface area contributed by atoms with Crippen LogP contribution in [0.5, 0.6) is 5.75 Å². The number of urea groups is 1. The highest BCUT2D eigenvalue weighted by Gasteiger charge is 2.27. The van der Waals surface area contributed by atoms with Crippen LogP contribution in [-0.2, 0) is 0 Å². The lowest BCUT2D eigenvalue weighted by molar-refractivity contribution is 0.102. The number of piperidine rings is 1. The fourth-order valence-corrected chi connectivity index (χ4v) is 4.39. The summed E-state index contributed by atoms with van der Waals surface area (Å²) in [7, 11) is 1.56. The van der Waals surface area contributed by atoms with Crippen molar-refractivity contribution in [3.05, 3.63) is 64.4 Å². The molecule has 166 valence electrons. The molecule has 0 radical (unpaired) electrons. The van der Waals surface area contributed by atoms with Crippen LogP contribution in [0.25, 0.3) is 0 Å². The van der Waals surface area contributed by atoms with Crippen molar-refractivity contribution in [1.82, 2.24) is 15.1 Å². The van der Waals surface area contributed by atoms with Gasteiger partial charge in [0.1, 0.15) is 16.6 Å². The number of methoxy groups -OCH3 is 1. The van der Waals surface area contributed by atoms with Crippen LogP contribution in [0.3, 0.4) is 0 Å². The van der Waals surface area contributed by atoms with Crippen LogP contribution < -0.4 is 15.4 Å². The van der Waals surface area contributed by atoms with E-state index < -0.39 is 0 Å². The third kappa shape index (κ3) is 5.02. The van der Waals surface area contributed by atoms with Gasteiger partial charge < -0.3 is 20.3 Å². The van der Waals surface area contributed by atoms with Gasteiger partial charge in [-0.05, 0) is 49.2 Å². The summed E-state index contributed by atoms with van der Waals surface area (Å²) < 4.78 is 18.3. The molecule has 2 N–H and O–H groups in total. The Morgan fingerprint density at radius 2 is 1.78 bits per heavy atom. The number of hydrogen-bond donors (Lipinski definition) is 2. The average Bonchev–Trinajstić information content (AvgIpc) is 3.31. The van der Waals surface area contributed by atoms with E-state index >= 15 is 0 Å². The van der Waals surface area contributed by atoms with Crippen LogP contribution in [0, 0.1) is 5.82 Å². The Morgan fingerprint density at radius 1 is 1.06 bits per heavy atom. The fraction of sp³-hybridized carbons (Fsp3) is 0.273. The molecule has 32 heavy (non-hydrogen) atoms. The number of nitrogens with zero attached hydrogens (tertiary/aromatic N) is 3. The molecule has 0 spiro atoms. The van der Waals surface area contributed by atoms with Crippen molar-refractivity contribution in [3.8, 4) is 5.75 Å². The van der Waals surface area contributed by atoms with E-state index in [1.807, 2.05) is 12.1 Å². The summed E-state index contributed by atoms with van der Waals surface area (Å²) in [5.74, 6) is -0.00988. The highest BCUT2D eigenvalue weighted by atomic mass is 32.1. The normalized spacial score (nSPS) is 14.1. The fourth-order valence-electron chi connectivity index (χ4n) is 3.48. The number of benzene rings is 2. The number of aromatic nitrogens is 2. The van der Waals surface area contributed by atoms with Crippen molar-refractivity contribution in [3.63, 3.8) is 0 Å². The zero-order valence-electron chi connectivity index (χ0n) is 17.4. The molecule has 2 heterocycles. The molecule has 0 atom stereocenters. The van der Waals surface area contributed by atoms with Gasteiger partial charge in [-0.25, -0.2) is 9.18 Å². The Kier molecular flexibility index (Phi) is 6.60. The Hall–Kier alpha value is -3.53. The number of nitrogens with one attached hydrogen (secondary N) is 2. The Labute approximate surface area is 188 Å². The highest BCUT2D eigenvalue weighted by molar-refractivity contribution is 7.13. The first-order valence-corrected chi connectivity index (χ1v) is 10.9. The minimum absolute atomic E-state index is 0.134. The first-order chi connectivity index (χ1) is 15.5. The molecule has 4 rings (SSSR count). The number of hydrogen-bond acceptors (Lipinski definition) is 6. The van der Waals surface area contributed by atoms with E-state index in [-0.39, 0.29) is 28.7 Å². The summed E-state index contributed by atoms with van der Waals surface area (Å²) >= 11 is 1.24. The van der Waals surface area contributed by atoms with Gasteiger partial charge in [-0.1, -0.05) is 23.5 Å². The standard InChI is InChI=1S/C22H22FN5O3S/c1-31-18-5-3-2-4-17(18)25-22(30)28-12-10-14(11-13-28)20-26-27-21(32-20)19(29)24-16-8-6-15(23)7-9-16/h2-9,14H,10-13H2,1H3,(H,24,29)(H,25,30). The SMILES string of the molecule is COc1ccccc1NC(=O)N1CCC(c2nnc(C(=O)Nc3ccc(F)cc3)s2)CC1. The van der Waals surface area contributed by atoms with E-state index in [1.165, 1.54) is 35.6 Å². The first-order valence-electron chi connectivity index (χ1n) is 10.1. The van der Waals surface area contributed by atoms with Gasteiger partial charge in [-0.15, -0.1) is 10.2 Å². The first kappa shape index (κ1) is 21.7. The van der Waals surface area contributed by atoms with Gasteiger partial charge in [-0.3, -0.25) is 4.79 Å². The van der Waals surface area contributed by atoms with Gasteiger partial charge in [0.2, 0.25) is 5.01 Å². The van der Waals surface area contributed by atoms with Gasteiger partial charge in [0.15, 0.2) is 0 Å². The maximum absolute atomic E-state index is 13.0. The number of para-hydroxylation sites is 2. The summed E-state index contributed by atoms with van der Waals surface area (Å²) in [6.07, 6.45) is 1.46. The zero-order valence-corrected chi connectivity index (χ0v) is 18.2. The molecule has 0 unspecified atom stereocenters. The molecule has 1 aliphatic rings. The summed E-state index contributed by atoms with van der Waals surface area (Å²) in [6.45, 7) is 1.14. The summed E-state index contributed by atoms with van der Waals surface area (Å²) in [5, 5.41) is 14.8. The third-order valence-corrected chi connectivity index (χ3v) is 6.30. The molecular formula is C22H22FN5O3S. The topological polar surface area (TPSA) is 96.4 Å². The molecule has 0 saturated carbocycles. The van der Waals surface area contributed by atoms with Gasteiger partial charge in [0.05, 0.1) is 12.8 Å². The molecule has 3 aromatic rings. The Morgan fingerprint density at radius 3 is 2.50 bits per heavy atom. The molecule has 1 aliphatic heterocycles. The molecule has 1 aromatic heterocycles. The predicted molar refractivity (Wildman–Crippen MR) is 120 cm³/mol. The molecule has 8 nitrogen and oxygen atoms in total. The largest absolute Gasteiger partial charge is 0.495 e. The smallest absolute Gasteiger partial charge is 0.321 e. The number of carbonyl (C=O) groups excluding carboxylic acids is 2. The molecule has 1 fully saturated rings. The van der Waals surface area contributed by atoms with Crippen LogP contribution in [0.2, 0.25) is 0 Å². The van der Waals surface area contributed by atoms with Crippen LogP contribution >= 0.6 is 11.3 Å². The molecule has 0 bridgehead atoms. The lowest BCUT2D eigenvalue weighted by Crippen LogP contribution is -2.40. The average molecular weight is 456 g/mol. The van der Waals surface area contributed by atoms with Crippen molar-refractivity contribution in [2.75, 3.05) is 30.8 Å². The highest BCUT2D eigenvalue weighted by Crippen LogP contribution is 2.31. The lowest BCUT2D eigenvalue weighted by atomic mass is 9.98. The van der Waals surface area contributed by atoms with Crippen molar-refractivity contribution in [2.45, 2.75) is 18.8 Å². The predicted octanol–water partition coefficient (Wildman–Crippen LogP) is 4.35. The molecule has 3 amide bonds. The van der Waals surface area contributed by atoms with Crippen molar-refractivity contribution in [2.24, 2.45) is 0 Å². The monoisotopic (exact) mass is 455 g/mol. The van der Waals surface area contributed by atoms with Crippen molar-refractivity contribution < 1.29 is 18.7 Å². The maximum Gasteiger partial charge on any atom is 0.321 e. The van der Waals surface area contributed by atoms with E-state index in [9.17, 15) is 14.0 Å². The van der Waals surface area contributed by atoms with Gasteiger partial charge >= 0.3 is 6.03 Å². The maximum atomic E-state index is 13.0. The van der Waals surface area contributed by atoms with Crippen molar-refractivity contribution >= 4 is 34.6 Å². The summed E-state index contributed by atoms with van der Waals surface area (Å²) in [5.41, 5.74) is 1.12. The second-order valence-corrected chi connectivity index (χ2v) is 8.31. The van der Waals surface area contributed by atoms with Gasteiger partial charge in [-0.2, -0.15) is 0 Å². The van der Waals surface area contributed by atoms with Crippen LogP contribution in [0.1, 0.15) is 33.6 Å². The zero-order chi connectivity index (χ0) is 22.5. The molecule has 1 saturated heterocycles. The van der Waals surface area contributed by atoms with E-state index in [1.54, 1.807) is 24.1 Å². The van der Waals surface area contributed by atoms with Crippen LogP contribution in [0.4, 0.5) is 20.6 Å². The summed E-state index contributed by atoms with van der Waals surface area (Å²) in [6, 6.07) is 12.6.